The molecule has 3 nitrogen and oxygen atoms in total. The first-order valence-corrected chi connectivity index (χ1v) is 3.37. The van der Waals surface area contributed by atoms with E-state index in [2.05, 4.69) is 0 Å². The molecular formula is C7H10O3. The van der Waals surface area contributed by atoms with Gasteiger partial charge in [0.25, 0.3) is 0 Å². The third kappa shape index (κ3) is 1.64. The van der Waals surface area contributed by atoms with Gasteiger partial charge in [0.2, 0.25) is 0 Å². The number of hydrogen-bond acceptors (Lipinski definition) is 3. The zero-order chi connectivity index (χ0) is 7.56. The fourth-order valence-electron chi connectivity index (χ4n) is 1.26. The van der Waals surface area contributed by atoms with E-state index in [0.29, 0.717) is 12.8 Å². The second kappa shape index (κ2) is 2.92. The summed E-state index contributed by atoms with van der Waals surface area (Å²) in [7, 11) is 0. The van der Waals surface area contributed by atoms with Gasteiger partial charge in [0.05, 0.1) is 6.10 Å². The number of ketones is 1. The van der Waals surface area contributed by atoms with Crippen molar-refractivity contribution < 1.29 is 14.7 Å². The summed E-state index contributed by atoms with van der Waals surface area (Å²) >= 11 is 0. The van der Waals surface area contributed by atoms with Crippen molar-refractivity contribution in [2.24, 2.45) is 5.92 Å². The van der Waals surface area contributed by atoms with Crippen LogP contribution >= 0.6 is 0 Å². The summed E-state index contributed by atoms with van der Waals surface area (Å²) in [5, 5.41) is 9.00. The van der Waals surface area contributed by atoms with Crippen LogP contribution in [-0.2, 0) is 9.59 Å². The van der Waals surface area contributed by atoms with Crippen LogP contribution in [0.4, 0.5) is 0 Å². The second-order valence-corrected chi connectivity index (χ2v) is 2.73. The maximum Gasteiger partial charge on any atom is 0.136 e. The molecule has 0 saturated heterocycles. The van der Waals surface area contributed by atoms with Crippen LogP contribution in [0.2, 0.25) is 0 Å². The van der Waals surface area contributed by atoms with E-state index in [1.165, 1.54) is 0 Å². The molecule has 2 atom stereocenters. The summed E-state index contributed by atoms with van der Waals surface area (Å²) in [6.45, 7) is 0. The van der Waals surface area contributed by atoms with Gasteiger partial charge in [-0.2, -0.15) is 0 Å². The Bertz CT molecular complexity index is 153. The molecular weight excluding hydrogens is 132 g/mol. The summed E-state index contributed by atoms with van der Waals surface area (Å²) in [4.78, 5) is 20.9. The van der Waals surface area contributed by atoms with E-state index in [1.54, 1.807) is 0 Å². The number of hydrogen-bond donors (Lipinski definition) is 1. The molecule has 0 bridgehead atoms. The Morgan fingerprint density at radius 1 is 1.50 bits per heavy atom. The van der Waals surface area contributed by atoms with Gasteiger partial charge in [-0.3, -0.25) is 4.79 Å². The molecule has 1 aliphatic rings. The van der Waals surface area contributed by atoms with Crippen molar-refractivity contribution in [3.8, 4) is 0 Å². The summed E-state index contributed by atoms with van der Waals surface area (Å²) in [5.41, 5.74) is 0. The Kier molecular flexibility index (Phi) is 2.17. The molecule has 1 N–H and O–H groups in total. The van der Waals surface area contributed by atoms with E-state index >= 15 is 0 Å². The lowest BCUT2D eigenvalue weighted by atomic mass is 9.87. The van der Waals surface area contributed by atoms with Crippen molar-refractivity contribution in [1.29, 1.82) is 0 Å². The summed E-state index contributed by atoms with van der Waals surface area (Å²) in [5.74, 6) is -0.243. The standard InChI is InChI=1S/C7H10O3/c8-4-5-1-6(9)3-7(10)2-5/h4-6,9H,1-3H2. The lowest BCUT2D eigenvalue weighted by Crippen LogP contribution is -2.26. The molecule has 0 aromatic carbocycles. The summed E-state index contributed by atoms with van der Waals surface area (Å²) < 4.78 is 0. The first-order chi connectivity index (χ1) is 4.72. The number of aliphatic hydroxyl groups excluding tert-OH is 1. The SMILES string of the molecule is O=CC1CC(=O)CC(O)C1. The molecule has 1 rings (SSSR count). The Morgan fingerprint density at radius 3 is 2.70 bits per heavy atom. The summed E-state index contributed by atoms with van der Waals surface area (Å²) in [6.07, 6.45) is 1.16. The van der Waals surface area contributed by atoms with Crippen LogP contribution in [0.3, 0.4) is 0 Å². The van der Waals surface area contributed by atoms with Crippen molar-refractivity contribution >= 4 is 12.1 Å². The van der Waals surface area contributed by atoms with Crippen molar-refractivity contribution in [2.75, 3.05) is 0 Å². The van der Waals surface area contributed by atoms with Crippen LogP contribution < -0.4 is 0 Å². The highest BCUT2D eigenvalue weighted by Crippen LogP contribution is 2.19. The van der Waals surface area contributed by atoms with Gasteiger partial charge in [-0.1, -0.05) is 0 Å². The van der Waals surface area contributed by atoms with E-state index in [-0.39, 0.29) is 18.1 Å². The number of carbonyl (C=O) groups excluding carboxylic acids is 2. The number of aldehydes is 1. The molecule has 10 heavy (non-hydrogen) atoms. The van der Waals surface area contributed by atoms with Crippen LogP contribution in [0.15, 0.2) is 0 Å². The maximum absolute atomic E-state index is 10.7. The zero-order valence-corrected chi connectivity index (χ0v) is 5.62. The largest absolute Gasteiger partial charge is 0.393 e. The van der Waals surface area contributed by atoms with Gasteiger partial charge in [0.15, 0.2) is 0 Å². The number of carbonyl (C=O) groups is 2. The Labute approximate surface area is 59.0 Å². The highest BCUT2D eigenvalue weighted by atomic mass is 16.3. The van der Waals surface area contributed by atoms with Gasteiger partial charge < -0.3 is 9.90 Å². The number of rotatable bonds is 1. The monoisotopic (exact) mass is 142 g/mol. The molecule has 56 valence electrons. The topological polar surface area (TPSA) is 54.4 Å². The average molecular weight is 142 g/mol. The normalized spacial score (nSPS) is 33.9. The smallest absolute Gasteiger partial charge is 0.136 e. The molecule has 1 aliphatic carbocycles. The fraction of sp³-hybridized carbons (Fsp3) is 0.714. The van der Waals surface area contributed by atoms with Gasteiger partial charge in [-0.15, -0.1) is 0 Å². The molecule has 0 spiro atoms. The second-order valence-electron chi connectivity index (χ2n) is 2.73. The van der Waals surface area contributed by atoms with Crippen molar-refractivity contribution in [2.45, 2.75) is 25.4 Å². The lowest BCUT2D eigenvalue weighted by Gasteiger charge is -2.19. The molecule has 0 amide bonds. The molecule has 2 unspecified atom stereocenters. The van der Waals surface area contributed by atoms with Crippen molar-refractivity contribution in [3.63, 3.8) is 0 Å². The first kappa shape index (κ1) is 7.41. The van der Waals surface area contributed by atoms with Gasteiger partial charge >= 0.3 is 0 Å². The Hall–Kier alpha value is -0.700. The van der Waals surface area contributed by atoms with Crippen LogP contribution in [0.5, 0.6) is 0 Å². The van der Waals surface area contributed by atoms with Crippen LogP contribution in [0, 0.1) is 5.92 Å². The predicted molar refractivity (Wildman–Crippen MR) is 34.4 cm³/mol. The number of Topliss-reactive ketones (excluding diaryl/α,β-unsaturated/α-hetero) is 1. The maximum atomic E-state index is 10.7. The van der Waals surface area contributed by atoms with E-state index in [1.807, 2.05) is 0 Å². The van der Waals surface area contributed by atoms with Gasteiger partial charge in [0, 0.05) is 18.8 Å². The third-order valence-corrected chi connectivity index (χ3v) is 1.72. The van der Waals surface area contributed by atoms with E-state index in [4.69, 9.17) is 5.11 Å². The van der Waals surface area contributed by atoms with Gasteiger partial charge in [-0.25, -0.2) is 0 Å². The summed E-state index contributed by atoms with van der Waals surface area (Å²) in [6, 6.07) is 0. The molecule has 0 radical (unpaired) electrons. The van der Waals surface area contributed by atoms with Crippen molar-refractivity contribution in [3.05, 3.63) is 0 Å². The van der Waals surface area contributed by atoms with Gasteiger partial charge in [0.1, 0.15) is 12.1 Å². The van der Waals surface area contributed by atoms with Crippen LogP contribution in [-0.4, -0.2) is 23.3 Å². The molecule has 1 fully saturated rings. The Morgan fingerprint density at radius 2 is 2.20 bits per heavy atom. The molecule has 0 aliphatic heterocycles. The van der Waals surface area contributed by atoms with E-state index in [9.17, 15) is 9.59 Å². The lowest BCUT2D eigenvalue weighted by molar-refractivity contribution is -0.128. The van der Waals surface area contributed by atoms with E-state index < -0.39 is 6.10 Å². The third-order valence-electron chi connectivity index (χ3n) is 1.72. The Balaban J connectivity index is 2.50. The molecule has 0 aromatic rings. The fourth-order valence-corrected chi connectivity index (χ4v) is 1.26. The van der Waals surface area contributed by atoms with Crippen LogP contribution in [0.25, 0.3) is 0 Å². The average Bonchev–Trinajstić information content (AvgIpc) is 1.85. The quantitative estimate of drug-likeness (QED) is 0.521. The highest BCUT2D eigenvalue weighted by molar-refractivity contribution is 5.82. The number of aliphatic hydroxyl groups is 1. The molecule has 0 heterocycles. The predicted octanol–water partition coefficient (Wildman–Crippen LogP) is -0.0846. The first-order valence-electron chi connectivity index (χ1n) is 3.37. The van der Waals surface area contributed by atoms with Gasteiger partial charge in [-0.05, 0) is 6.42 Å². The molecule has 0 aromatic heterocycles. The van der Waals surface area contributed by atoms with E-state index in [0.717, 1.165) is 6.29 Å². The minimum Gasteiger partial charge on any atom is -0.393 e. The highest BCUT2D eigenvalue weighted by Gasteiger charge is 2.24. The van der Waals surface area contributed by atoms with Crippen molar-refractivity contribution in [1.82, 2.24) is 0 Å². The minimum absolute atomic E-state index is 0.00384. The molecule has 1 saturated carbocycles. The van der Waals surface area contributed by atoms with Crippen LogP contribution in [0.1, 0.15) is 19.3 Å². The molecule has 3 heteroatoms. The minimum atomic E-state index is -0.587. The zero-order valence-electron chi connectivity index (χ0n) is 5.62.